The van der Waals surface area contributed by atoms with Gasteiger partial charge in [0.2, 0.25) is 11.8 Å². The highest BCUT2D eigenvalue weighted by Gasteiger charge is 2.41. The molecular weight excluding hydrogens is 230 g/mol. The molecule has 0 aliphatic carbocycles. The summed E-state index contributed by atoms with van der Waals surface area (Å²) in [7, 11) is 0. The molecule has 0 saturated carbocycles. The molecule has 18 heavy (non-hydrogen) atoms. The van der Waals surface area contributed by atoms with Crippen LogP contribution in [0.5, 0.6) is 0 Å². The van der Waals surface area contributed by atoms with Gasteiger partial charge in [0.25, 0.3) is 0 Å². The van der Waals surface area contributed by atoms with Gasteiger partial charge >= 0.3 is 0 Å². The Morgan fingerprint density at radius 1 is 1.33 bits per heavy atom. The number of hydrogen-bond acceptors (Lipinski definition) is 3. The first-order valence-electron chi connectivity index (χ1n) is 5.94. The van der Waals surface area contributed by atoms with Crippen LogP contribution in [0.3, 0.4) is 0 Å². The first kappa shape index (κ1) is 12.5. The van der Waals surface area contributed by atoms with Crippen molar-refractivity contribution in [2.24, 2.45) is 0 Å². The van der Waals surface area contributed by atoms with Crippen LogP contribution >= 0.6 is 0 Å². The van der Waals surface area contributed by atoms with E-state index in [1.54, 1.807) is 31.1 Å². The summed E-state index contributed by atoms with van der Waals surface area (Å²) in [5.74, 6) is -0.188. The maximum atomic E-state index is 12.3. The van der Waals surface area contributed by atoms with Gasteiger partial charge in [-0.25, -0.2) is 0 Å². The fourth-order valence-corrected chi connectivity index (χ4v) is 2.16. The smallest absolute Gasteiger partial charge is 0.248 e. The topological polar surface area (TPSA) is 62.3 Å². The molecule has 2 amide bonds. The van der Waals surface area contributed by atoms with Gasteiger partial charge in [0.1, 0.15) is 12.1 Å². The number of rotatable bonds is 2. The molecule has 0 spiro atoms. The van der Waals surface area contributed by atoms with Crippen LogP contribution in [-0.4, -0.2) is 33.8 Å². The van der Waals surface area contributed by atoms with E-state index in [-0.39, 0.29) is 24.4 Å². The summed E-state index contributed by atoms with van der Waals surface area (Å²) in [6, 6.07) is 3.58. The molecule has 1 saturated heterocycles. The van der Waals surface area contributed by atoms with Crippen molar-refractivity contribution in [3.05, 3.63) is 30.1 Å². The zero-order chi connectivity index (χ0) is 13.3. The van der Waals surface area contributed by atoms with Crippen molar-refractivity contribution in [1.82, 2.24) is 15.2 Å². The molecule has 1 N–H and O–H groups in total. The Bertz CT molecular complexity index is 470. The quantitative estimate of drug-likeness (QED) is 0.843. The lowest BCUT2D eigenvalue weighted by atomic mass is 9.97. The highest BCUT2D eigenvalue weighted by Crippen LogP contribution is 2.24. The Morgan fingerprint density at radius 2 is 1.94 bits per heavy atom. The third kappa shape index (κ3) is 2.20. The molecule has 1 aromatic rings. The number of pyridine rings is 1. The molecule has 1 unspecified atom stereocenters. The minimum Gasteiger partial charge on any atom is -0.341 e. The summed E-state index contributed by atoms with van der Waals surface area (Å²) in [4.78, 5) is 29.5. The zero-order valence-corrected chi connectivity index (χ0v) is 10.8. The van der Waals surface area contributed by atoms with E-state index in [0.29, 0.717) is 0 Å². The molecule has 2 heterocycles. The molecule has 1 atom stereocenters. The van der Waals surface area contributed by atoms with Crippen LogP contribution in [0.15, 0.2) is 24.5 Å². The molecule has 1 aliphatic heterocycles. The van der Waals surface area contributed by atoms with Crippen LogP contribution in [0, 0.1) is 0 Å². The summed E-state index contributed by atoms with van der Waals surface area (Å²) in [6.07, 6.45) is 3.37. The van der Waals surface area contributed by atoms with Crippen LogP contribution in [-0.2, 0) is 9.59 Å². The van der Waals surface area contributed by atoms with E-state index in [1.807, 2.05) is 19.1 Å². The second-order valence-electron chi connectivity index (χ2n) is 5.06. The van der Waals surface area contributed by atoms with Crippen molar-refractivity contribution in [2.45, 2.75) is 32.4 Å². The maximum absolute atomic E-state index is 12.3. The van der Waals surface area contributed by atoms with Crippen LogP contribution in [0.25, 0.3) is 0 Å². The van der Waals surface area contributed by atoms with Crippen LogP contribution in [0.1, 0.15) is 32.4 Å². The number of carbonyl (C=O) groups excluding carboxylic acids is 2. The van der Waals surface area contributed by atoms with Gasteiger partial charge in [-0.15, -0.1) is 0 Å². The Balaban J connectivity index is 2.27. The lowest BCUT2D eigenvalue weighted by Crippen LogP contribution is -2.64. The van der Waals surface area contributed by atoms with E-state index in [2.05, 4.69) is 10.3 Å². The van der Waals surface area contributed by atoms with E-state index in [4.69, 9.17) is 0 Å². The first-order valence-corrected chi connectivity index (χ1v) is 5.94. The fourth-order valence-electron chi connectivity index (χ4n) is 2.16. The Labute approximate surface area is 106 Å². The van der Waals surface area contributed by atoms with Crippen molar-refractivity contribution in [2.75, 3.05) is 6.54 Å². The van der Waals surface area contributed by atoms with E-state index in [0.717, 1.165) is 5.56 Å². The van der Waals surface area contributed by atoms with Crippen molar-refractivity contribution in [3.63, 3.8) is 0 Å². The Kier molecular flexibility index (Phi) is 3.07. The molecule has 0 aromatic carbocycles. The summed E-state index contributed by atoms with van der Waals surface area (Å²) >= 11 is 0. The number of piperazine rings is 1. The van der Waals surface area contributed by atoms with E-state index >= 15 is 0 Å². The molecule has 0 radical (unpaired) electrons. The summed E-state index contributed by atoms with van der Waals surface area (Å²) < 4.78 is 0. The average molecular weight is 247 g/mol. The lowest BCUT2D eigenvalue weighted by molar-refractivity contribution is -0.150. The second-order valence-corrected chi connectivity index (χ2v) is 5.06. The standard InChI is InChI=1S/C13H17N3O2/c1-9(10-4-6-14-7-5-10)16-8-11(17)15-13(2,3)12(16)18/h4-7,9H,8H2,1-3H3,(H,15,17). The monoisotopic (exact) mass is 247 g/mol. The van der Waals surface area contributed by atoms with E-state index in [1.165, 1.54) is 0 Å². The highest BCUT2D eigenvalue weighted by atomic mass is 16.2. The molecule has 2 rings (SSSR count). The third-order valence-corrected chi connectivity index (χ3v) is 3.22. The van der Waals surface area contributed by atoms with E-state index in [9.17, 15) is 9.59 Å². The Hall–Kier alpha value is -1.91. The van der Waals surface area contributed by atoms with E-state index < -0.39 is 5.54 Å². The van der Waals surface area contributed by atoms with Crippen LogP contribution in [0.4, 0.5) is 0 Å². The van der Waals surface area contributed by atoms with Crippen molar-refractivity contribution < 1.29 is 9.59 Å². The predicted molar refractivity (Wildman–Crippen MR) is 66.6 cm³/mol. The van der Waals surface area contributed by atoms with Gasteiger partial charge < -0.3 is 10.2 Å². The maximum Gasteiger partial charge on any atom is 0.248 e. The molecule has 0 bridgehead atoms. The van der Waals surface area contributed by atoms with Crippen molar-refractivity contribution in [1.29, 1.82) is 0 Å². The molecule has 5 heteroatoms. The number of nitrogens with zero attached hydrogens (tertiary/aromatic N) is 2. The van der Waals surface area contributed by atoms with Gasteiger partial charge in [0.15, 0.2) is 0 Å². The normalized spacial score (nSPS) is 20.5. The first-order chi connectivity index (χ1) is 8.42. The fraction of sp³-hybridized carbons (Fsp3) is 0.462. The highest BCUT2D eigenvalue weighted by molar-refractivity contribution is 5.97. The molecule has 1 fully saturated rings. The zero-order valence-electron chi connectivity index (χ0n) is 10.8. The van der Waals surface area contributed by atoms with Crippen LogP contribution in [0.2, 0.25) is 0 Å². The molecular formula is C13H17N3O2. The van der Waals surface area contributed by atoms with Gasteiger partial charge in [-0.3, -0.25) is 14.6 Å². The SMILES string of the molecule is CC(c1ccncc1)N1CC(=O)NC(C)(C)C1=O. The summed E-state index contributed by atoms with van der Waals surface area (Å²) in [6.45, 7) is 5.46. The minimum absolute atomic E-state index is 0.0635. The van der Waals surface area contributed by atoms with Crippen LogP contribution < -0.4 is 5.32 Å². The number of amides is 2. The molecule has 1 aliphatic rings. The largest absolute Gasteiger partial charge is 0.341 e. The predicted octanol–water partition coefficient (Wildman–Crippen LogP) is 0.880. The van der Waals surface area contributed by atoms with Gasteiger partial charge in [-0.05, 0) is 38.5 Å². The molecule has 5 nitrogen and oxygen atoms in total. The van der Waals surface area contributed by atoms with Gasteiger partial charge in [-0.2, -0.15) is 0 Å². The molecule has 1 aromatic heterocycles. The van der Waals surface area contributed by atoms with Gasteiger partial charge in [-0.1, -0.05) is 0 Å². The van der Waals surface area contributed by atoms with Gasteiger partial charge in [0, 0.05) is 12.4 Å². The summed E-state index contributed by atoms with van der Waals surface area (Å²) in [5, 5.41) is 2.70. The summed E-state index contributed by atoms with van der Waals surface area (Å²) in [5.41, 5.74) is 0.139. The number of aromatic nitrogens is 1. The molecule has 96 valence electrons. The number of carbonyl (C=O) groups is 2. The van der Waals surface area contributed by atoms with Crippen molar-refractivity contribution >= 4 is 11.8 Å². The minimum atomic E-state index is -0.837. The third-order valence-electron chi connectivity index (χ3n) is 3.22. The van der Waals surface area contributed by atoms with Crippen molar-refractivity contribution in [3.8, 4) is 0 Å². The number of hydrogen-bond donors (Lipinski definition) is 1. The lowest BCUT2D eigenvalue weighted by Gasteiger charge is -2.40. The second kappa shape index (κ2) is 4.40. The van der Waals surface area contributed by atoms with Gasteiger partial charge in [0.05, 0.1) is 6.04 Å². The average Bonchev–Trinajstić information content (AvgIpc) is 2.33. The number of nitrogens with one attached hydrogen (secondary N) is 1. The Morgan fingerprint density at radius 3 is 2.56 bits per heavy atom.